The van der Waals surface area contributed by atoms with E-state index in [1.165, 1.54) is 66.7 Å². The molecule has 0 aromatic heterocycles. The average Bonchev–Trinajstić information content (AvgIpc) is 3.03. The van der Waals surface area contributed by atoms with Crippen LogP contribution >= 0.6 is 0 Å². The molecule has 0 saturated heterocycles. The van der Waals surface area contributed by atoms with E-state index in [1.807, 2.05) is 0 Å². The zero-order valence-electron chi connectivity index (χ0n) is 24.3. The Hall–Kier alpha value is -6.56. The maximum atomic E-state index is 13.9. The highest BCUT2D eigenvalue weighted by Crippen LogP contribution is 2.41. The van der Waals surface area contributed by atoms with E-state index in [-0.39, 0.29) is 33.9 Å². The summed E-state index contributed by atoms with van der Waals surface area (Å²) in [5, 5.41) is 32.4. The zero-order valence-corrected chi connectivity index (χ0v) is 24.3. The number of rotatable bonds is 8. The Balaban J connectivity index is 1.34. The van der Waals surface area contributed by atoms with Crippen LogP contribution in [0.5, 0.6) is 28.7 Å². The van der Waals surface area contributed by atoms with Gasteiger partial charge in [0.25, 0.3) is 23.2 Å². The van der Waals surface area contributed by atoms with Crippen LogP contribution in [0.2, 0.25) is 0 Å². The van der Waals surface area contributed by atoms with Gasteiger partial charge < -0.3 is 14.6 Å². The van der Waals surface area contributed by atoms with Crippen LogP contribution in [0.15, 0.2) is 97.1 Å². The Bertz CT molecular complexity index is 2040. The number of nitro groups is 2. The number of non-ortho nitro benzene ring substituents is 2. The van der Waals surface area contributed by atoms with E-state index in [1.54, 1.807) is 44.2 Å². The van der Waals surface area contributed by atoms with Gasteiger partial charge in [-0.3, -0.25) is 29.8 Å². The molecule has 46 heavy (non-hydrogen) atoms. The van der Waals surface area contributed by atoms with Crippen molar-refractivity contribution in [2.45, 2.75) is 13.8 Å². The van der Waals surface area contributed by atoms with Crippen molar-refractivity contribution in [3.8, 4) is 39.9 Å². The number of benzene rings is 5. The molecule has 0 radical (unpaired) electrons. The van der Waals surface area contributed by atoms with Gasteiger partial charge in [0.05, 0.1) is 26.7 Å². The molecule has 12 nitrogen and oxygen atoms in total. The number of fused-ring (bicyclic) bond motifs is 2. The minimum absolute atomic E-state index is 0.0816. The molecule has 1 aliphatic rings. The molecule has 0 saturated carbocycles. The largest absolute Gasteiger partial charge is 0.508 e. The fourth-order valence-electron chi connectivity index (χ4n) is 5.07. The molecule has 6 rings (SSSR count). The van der Waals surface area contributed by atoms with E-state index < -0.39 is 21.7 Å². The third-order valence-corrected chi connectivity index (χ3v) is 7.45. The van der Waals surface area contributed by atoms with E-state index in [0.717, 1.165) is 10.5 Å². The van der Waals surface area contributed by atoms with E-state index in [9.17, 15) is 34.9 Å². The van der Waals surface area contributed by atoms with Crippen LogP contribution in [-0.4, -0.2) is 26.8 Å². The summed E-state index contributed by atoms with van der Waals surface area (Å²) < 4.78 is 11.9. The first-order chi connectivity index (χ1) is 22.0. The highest BCUT2D eigenvalue weighted by atomic mass is 16.6. The summed E-state index contributed by atoms with van der Waals surface area (Å²) in [6.45, 7) is 3.58. The van der Waals surface area contributed by atoms with Crippen molar-refractivity contribution < 1.29 is 34.0 Å². The fourth-order valence-corrected chi connectivity index (χ4v) is 5.07. The van der Waals surface area contributed by atoms with Gasteiger partial charge in [0.15, 0.2) is 0 Å². The minimum Gasteiger partial charge on any atom is -0.508 e. The molecule has 1 N–H and O–H groups in total. The highest BCUT2D eigenvalue weighted by Gasteiger charge is 2.37. The number of ether oxygens (including phenoxy) is 2. The lowest BCUT2D eigenvalue weighted by Crippen LogP contribution is -2.41. The molecule has 1 aliphatic heterocycles. The van der Waals surface area contributed by atoms with Crippen molar-refractivity contribution in [1.29, 1.82) is 0 Å². The molecule has 228 valence electrons. The standard InChI is InChI=1S/C34H23N3O9/c1-19-3-5-21(15-30(19)45-26-11-7-22(8-12-26)36(41)42)32-28-17-25(38)18-29(32)34(40)35(33(28)39)24-6-4-20(2)31(16-24)46-27-13-9-23(10-14-27)37(43)44/h3-18,38H,1-2H3. The predicted molar refractivity (Wildman–Crippen MR) is 167 cm³/mol. The van der Waals surface area contributed by atoms with E-state index in [2.05, 4.69) is 0 Å². The van der Waals surface area contributed by atoms with Gasteiger partial charge in [-0.15, -0.1) is 0 Å². The fraction of sp³-hybridized carbons (Fsp3) is 0.0588. The van der Waals surface area contributed by atoms with E-state index in [0.29, 0.717) is 39.7 Å². The van der Waals surface area contributed by atoms with Gasteiger partial charge in [0.2, 0.25) is 0 Å². The number of aromatic hydroxyl groups is 1. The summed E-state index contributed by atoms with van der Waals surface area (Å²) >= 11 is 0. The number of anilines is 1. The second-order valence-electron chi connectivity index (χ2n) is 10.5. The van der Waals surface area contributed by atoms with Crippen LogP contribution in [0.4, 0.5) is 17.1 Å². The molecule has 5 aromatic rings. The van der Waals surface area contributed by atoms with Crippen molar-refractivity contribution in [3.63, 3.8) is 0 Å². The molecule has 2 bridgehead atoms. The SMILES string of the molecule is Cc1ccc(-c2c3cc(O)cc2C(=O)N(c2ccc(C)c(Oc4ccc([N+](=O)[O-])cc4)c2)C3=O)cc1Oc1ccc([N+](=O)[O-])cc1. The number of nitrogens with zero attached hydrogens (tertiary/aromatic N) is 3. The molecule has 0 spiro atoms. The normalized spacial score (nSPS) is 12.2. The lowest BCUT2D eigenvalue weighted by Gasteiger charge is -2.29. The number of hydrogen-bond donors (Lipinski definition) is 1. The molecular formula is C34H23N3O9. The summed E-state index contributed by atoms with van der Waals surface area (Å²) in [5.74, 6) is -0.190. The first-order valence-electron chi connectivity index (χ1n) is 13.8. The summed E-state index contributed by atoms with van der Waals surface area (Å²) in [6.07, 6.45) is 0. The van der Waals surface area contributed by atoms with E-state index in [4.69, 9.17) is 9.47 Å². The first-order valence-corrected chi connectivity index (χ1v) is 13.8. The van der Waals surface area contributed by atoms with Crippen LogP contribution in [0, 0.1) is 34.1 Å². The lowest BCUT2D eigenvalue weighted by molar-refractivity contribution is -0.385. The summed E-state index contributed by atoms with van der Waals surface area (Å²) in [5.41, 5.74) is 2.43. The van der Waals surface area contributed by atoms with Crippen LogP contribution in [0.1, 0.15) is 31.8 Å². The Morgan fingerprint density at radius 2 is 1.09 bits per heavy atom. The second kappa shape index (κ2) is 11.5. The van der Waals surface area contributed by atoms with Gasteiger partial charge in [-0.25, -0.2) is 4.90 Å². The topological polar surface area (TPSA) is 162 Å². The maximum absolute atomic E-state index is 13.9. The number of imide groups is 1. The number of phenols is 1. The van der Waals surface area contributed by atoms with Gasteiger partial charge in [-0.2, -0.15) is 0 Å². The molecule has 0 aliphatic carbocycles. The second-order valence-corrected chi connectivity index (χ2v) is 10.5. The molecule has 0 unspecified atom stereocenters. The lowest BCUT2D eigenvalue weighted by atomic mass is 9.88. The van der Waals surface area contributed by atoms with Gasteiger partial charge in [-0.1, -0.05) is 18.2 Å². The molecule has 0 fully saturated rings. The number of nitro benzene ring substituents is 2. The van der Waals surface area contributed by atoms with Crippen LogP contribution in [-0.2, 0) is 0 Å². The summed E-state index contributed by atoms with van der Waals surface area (Å²) in [6, 6.07) is 23.6. The van der Waals surface area contributed by atoms with Crippen LogP contribution in [0.3, 0.4) is 0 Å². The maximum Gasteiger partial charge on any atom is 0.269 e. The Labute approximate surface area is 261 Å². The van der Waals surface area contributed by atoms with Crippen molar-refractivity contribution in [2.75, 3.05) is 4.90 Å². The minimum atomic E-state index is -0.674. The third kappa shape index (κ3) is 5.46. The predicted octanol–water partition coefficient (Wildman–Crippen LogP) is 7.88. The number of hydrogen-bond acceptors (Lipinski definition) is 9. The number of carbonyl (C=O) groups excluding carboxylic acids is 2. The number of aryl methyl sites for hydroxylation is 2. The van der Waals surface area contributed by atoms with Gasteiger partial charge in [-0.05, 0) is 79.1 Å². The monoisotopic (exact) mass is 617 g/mol. The van der Waals surface area contributed by atoms with Crippen LogP contribution in [0.25, 0.3) is 11.1 Å². The number of amides is 2. The molecule has 0 atom stereocenters. The quantitative estimate of drug-likeness (QED) is 0.104. The Morgan fingerprint density at radius 3 is 1.57 bits per heavy atom. The number of phenolic OH excluding ortho intramolecular Hbond substituents is 1. The Morgan fingerprint density at radius 1 is 0.630 bits per heavy atom. The van der Waals surface area contributed by atoms with Crippen LogP contribution < -0.4 is 14.4 Å². The van der Waals surface area contributed by atoms with Gasteiger partial charge >= 0.3 is 0 Å². The summed E-state index contributed by atoms with van der Waals surface area (Å²) in [7, 11) is 0. The van der Waals surface area contributed by atoms with Crippen molar-refractivity contribution in [2.24, 2.45) is 0 Å². The molecular weight excluding hydrogens is 594 g/mol. The summed E-state index contributed by atoms with van der Waals surface area (Å²) in [4.78, 5) is 49.8. The molecule has 5 aromatic carbocycles. The smallest absolute Gasteiger partial charge is 0.269 e. The van der Waals surface area contributed by atoms with Crippen molar-refractivity contribution >= 4 is 28.9 Å². The Kier molecular flexibility index (Phi) is 7.38. The van der Waals surface area contributed by atoms with Gasteiger partial charge in [0.1, 0.15) is 28.7 Å². The highest BCUT2D eigenvalue weighted by molar-refractivity contribution is 6.33. The zero-order chi connectivity index (χ0) is 32.7. The third-order valence-electron chi connectivity index (χ3n) is 7.45. The first kappa shape index (κ1) is 29.5. The number of carbonyl (C=O) groups is 2. The average molecular weight is 618 g/mol. The molecule has 1 heterocycles. The van der Waals surface area contributed by atoms with Crippen molar-refractivity contribution in [3.05, 3.63) is 140 Å². The van der Waals surface area contributed by atoms with Crippen molar-refractivity contribution in [1.82, 2.24) is 0 Å². The van der Waals surface area contributed by atoms with E-state index >= 15 is 0 Å². The molecule has 2 amide bonds. The molecule has 12 heteroatoms. The van der Waals surface area contributed by atoms with Gasteiger partial charge in [0, 0.05) is 35.9 Å².